The van der Waals surface area contributed by atoms with Gasteiger partial charge >= 0.3 is 17.9 Å². The van der Waals surface area contributed by atoms with Crippen LogP contribution in [-0.4, -0.2) is 49.1 Å². The fraction of sp³-hybridized carbons (Fsp3) is 0.278. The topological polar surface area (TPSA) is 121 Å². The van der Waals surface area contributed by atoms with Crippen LogP contribution in [0.5, 0.6) is 0 Å². The summed E-state index contributed by atoms with van der Waals surface area (Å²) in [7, 11) is 1.19. The van der Waals surface area contributed by atoms with Gasteiger partial charge in [-0.15, -0.1) is 11.3 Å². The summed E-state index contributed by atoms with van der Waals surface area (Å²) in [5.74, 6) is -2.73. The van der Waals surface area contributed by atoms with Crippen molar-refractivity contribution >= 4 is 40.2 Å². The third-order valence-electron chi connectivity index (χ3n) is 3.48. The maximum Gasteiger partial charge on any atom is 0.348 e. The molecule has 2 heterocycles. The Morgan fingerprint density at radius 1 is 1.14 bits per heavy atom. The van der Waals surface area contributed by atoms with E-state index in [4.69, 9.17) is 14.2 Å². The molecule has 0 spiro atoms. The van der Waals surface area contributed by atoms with Crippen LogP contribution in [0.4, 0.5) is 5.00 Å². The number of carbonyl (C=O) groups excluding carboxylic acids is 4. The van der Waals surface area contributed by atoms with Gasteiger partial charge in [-0.25, -0.2) is 14.4 Å². The SMILES string of the molecule is CCOC(=O)c1sc(NC(=O)COC(=O)c2cccnc2)c(C(=O)OC)c1C. The molecule has 2 aromatic rings. The van der Waals surface area contributed by atoms with Gasteiger partial charge in [0.2, 0.25) is 0 Å². The van der Waals surface area contributed by atoms with Crippen molar-refractivity contribution in [1.82, 2.24) is 4.98 Å². The lowest BCUT2D eigenvalue weighted by molar-refractivity contribution is -0.119. The number of aromatic nitrogens is 1. The number of nitrogens with one attached hydrogen (secondary N) is 1. The minimum absolute atomic E-state index is 0.0440. The summed E-state index contributed by atoms with van der Waals surface area (Å²) in [4.78, 5) is 52.1. The molecule has 2 rings (SSSR count). The van der Waals surface area contributed by atoms with Crippen LogP contribution < -0.4 is 5.32 Å². The summed E-state index contributed by atoms with van der Waals surface area (Å²) < 4.78 is 14.6. The Morgan fingerprint density at radius 3 is 2.50 bits per heavy atom. The molecule has 0 radical (unpaired) electrons. The highest BCUT2D eigenvalue weighted by molar-refractivity contribution is 7.18. The number of rotatable bonds is 7. The van der Waals surface area contributed by atoms with Crippen LogP contribution in [0.25, 0.3) is 0 Å². The summed E-state index contributed by atoms with van der Waals surface area (Å²) in [5.41, 5.74) is 0.572. The molecule has 1 N–H and O–H groups in total. The van der Waals surface area contributed by atoms with E-state index >= 15 is 0 Å². The number of carbonyl (C=O) groups is 4. The molecule has 0 saturated carbocycles. The van der Waals surface area contributed by atoms with Crippen molar-refractivity contribution in [1.29, 1.82) is 0 Å². The molecule has 9 nitrogen and oxygen atoms in total. The van der Waals surface area contributed by atoms with Gasteiger partial charge in [-0.3, -0.25) is 9.78 Å². The van der Waals surface area contributed by atoms with E-state index in [-0.39, 0.29) is 27.6 Å². The average molecular weight is 406 g/mol. The third-order valence-corrected chi connectivity index (χ3v) is 4.67. The van der Waals surface area contributed by atoms with Crippen molar-refractivity contribution in [2.45, 2.75) is 13.8 Å². The van der Waals surface area contributed by atoms with Gasteiger partial charge in [-0.05, 0) is 31.5 Å². The Balaban J connectivity index is 2.14. The third kappa shape index (κ3) is 4.92. The molecule has 28 heavy (non-hydrogen) atoms. The number of hydrogen-bond donors (Lipinski definition) is 1. The maximum atomic E-state index is 12.2. The van der Waals surface area contributed by atoms with E-state index in [2.05, 4.69) is 10.3 Å². The molecule has 0 bridgehead atoms. The summed E-state index contributed by atoms with van der Waals surface area (Å²) in [6, 6.07) is 3.06. The second kappa shape index (κ2) is 9.60. The van der Waals surface area contributed by atoms with Gasteiger partial charge in [-0.2, -0.15) is 0 Å². The van der Waals surface area contributed by atoms with Crippen molar-refractivity contribution in [2.24, 2.45) is 0 Å². The van der Waals surface area contributed by atoms with E-state index in [0.717, 1.165) is 11.3 Å². The van der Waals surface area contributed by atoms with Crippen molar-refractivity contribution < 1.29 is 33.4 Å². The highest BCUT2D eigenvalue weighted by Crippen LogP contribution is 2.34. The second-order valence-electron chi connectivity index (χ2n) is 5.34. The minimum Gasteiger partial charge on any atom is -0.465 e. The fourth-order valence-corrected chi connectivity index (χ4v) is 3.31. The Kier molecular flexibility index (Phi) is 7.21. The number of esters is 3. The average Bonchev–Trinajstić information content (AvgIpc) is 3.02. The number of hydrogen-bond acceptors (Lipinski definition) is 9. The first-order valence-electron chi connectivity index (χ1n) is 8.14. The van der Waals surface area contributed by atoms with Gasteiger partial charge in [0.05, 0.1) is 24.8 Å². The monoisotopic (exact) mass is 406 g/mol. The van der Waals surface area contributed by atoms with Gasteiger partial charge in [0, 0.05) is 12.4 Å². The first-order chi connectivity index (χ1) is 13.4. The van der Waals surface area contributed by atoms with Crippen LogP contribution in [0.3, 0.4) is 0 Å². The van der Waals surface area contributed by atoms with E-state index in [9.17, 15) is 19.2 Å². The van der Waals surface area contributed by atoms with E-state index in [0.29, 0.717) is 5.56 Å². The molecule has 10 heteroatoms. The molecule has 0 atom stereocenters. The van der Waals surface area contributed by atoms with Gasteiger partial charge < -0.3 is 19.5 Å². The molecule has 0 saturated heterocycles. The van der Waals surface area contributed by atoms with Crippen molar-refractivity contribution in [2.75, 3.05) is 25.6 Å². The van der Waals surface area contributed by atoms with Crippen LogP contribution in [0.15, 0.2) is 24.5 Å². The lowest BCUT2D eigenvalue weighted by Gasteiger charge is -2.07. The lowest BCUT2D eigenvalue weighted by atomic mass is 10.1. The molecule has 0 aliphatic rings. The first kappa shape index (κ1) is 21.0. The zero-order valence-corrected chi connectivity index (χ0v) is 16.3. The number of thiophene rings is 1. The van der Waals surface area contributed by atoms with Crippen LogP contribution >= 0.6 is 11.3 Å². The van der Waals surface area contributed by atoms with Crippen molar-refractivity contribution in [3.8, 4) is 0 Å². The molecule has 2 aromatic heterocycles. The van der Waals surface area contributed by atoms with E-state index in [1.807, 2.05) is 0 Å². The normalized spacial score (nSPS) is 10.1. The largest absolute Gasteiger partial charge is 0.465 e. The molecular weight excluding hydrogens is 388 g/mol. The predicted molar refractivity (Wildman–Crippen MR) is 99.5 cm³/mol. The zero-order valence-electron chi connectivity index (χ0n) is 15.4. The summed E-state index contributed by atoms with van der Waals surface area (Å²) in [6.45, 7) is 2.78. The smallest absolute Gasteiger partial charge is 0.348 e. The number of ether oxygens (including phenoxy) is 3. The van der Waals surface area contributed by atoms with E-state index in [1.54, 1.807) is 19.9 Å². The number of pyridine rings is 1. The molecule has 0 unspecified atom stereocenters. The Hall–Kier alpha value is -3.27. The molecule has 0 aliphatic carbocycles. The summed E-state index contributed by atoms with van der Waals surface area (Å²) in [5, 5.41) is 2.58. The van der Waals surface area contributed by atoms with Gasteiger partial charge in [0.25, 0.3) is 5.91 Å². The number of anilines is 1. The van der Waals surface area contributed by atoms with Gasteiger partial charge in [0.1, 0.15) is 9.88 Å². The highest BCUT2D eigenvalue weighted by Gasteiger charge is 2.27. The van der Waals surface area contributed by atoms with Crippen LogP contribution in [-0.2, 0) is 19.0 Å². The molecule has 0 fully saturated rings. The number of amides is 1. The van der Waals surface area contributed by atoms with Crippen LogP contribution in [0, 0.1) is 6.92 Å². The number of methoxy groups -OCH3 is 1. The standard InChI is InChI=1S/C18H18N2O7S/c1-4-26-18(24)14-10(2)13(17(23)25-3)15(28-14)20-12(21)9-27-16(22)11-6-5-7-19-8-11/h5-8H,4,9H2,1-3H3,(H,20,21). The molecule has 0 aliphatic heterocycles. The van der Waals surface area contributed by atoms with Crippen LogP contribution in [0.2, 0.25) is 0 Å². The lowest BCUT2D eigenvalue weighted by Crippen LogP contribution is -2.21. The summed E-state index contributed by atoms with van der Waals surface area (Å²) >= 11 is 0.879. The van der Waals surface area contributed by atoms with Crippen LogP contribution in [0.1, 0.15) is 42.9 Å². The summed E-state index contributed by atoms with van der Waals surface area (Å²) in [6.07, 6.45) is 2.81. The molecule has 0 aromatic carbocycles. The predicted octanol–water partition coefficient (Wildman–Crippen LogP) is 2.21. The van der Waals surface area contributed by atoms with E-state index < -0.39 is 30.4 Å². The Morgan fingerprint density at radius 2 is 1.89 bits per heavy atom. The van der Waals surface area contributed by atoms with Gasteiger partial charge in [0.15, 0.2) is 6.61 Å². The Labute approximate surface area is 164 Å². The van der Waals surface area contributed by atoms with Crippen molar-refractivity contribution in [3.63, 3.8) is 0 Å². The molecule has 1 amide bonds. The molecule has 148 valence electrons. The highest BCUT2D eigenvalue weighted by atomic mass is 32.1. The second-order valence-corrected chi connectivity index (χ2v) is 6.36. The van der Waals surface area contributed by atoms with Crippen molar-refractivity contribution in [3.05, 3.63) is 46.1 Å². The zero-order chi connectivity index (χ0) is 20.7. The van der Waals surface area contributed by atoms with Gasteiger partial charge in [-0.1, -0.05) is 0 Å². The molecular formula is C18H18N2O7S. The number of nitrogens with zero attached hydrogens (tertiary/aromatic N) is 1. The van der Waals surface area contributed by atoms with E-state index in [1.165, 1.54) is 25.6 Å². The fourth-order valence-electron chi connectivity index (χ4n) is 2.20. The minimum atomic E-state index is -0.717. The quantitative estimate of drug-likeness (QED) is 0.549. The first-order valence-corrected chi connectivity index (χ1v) is 8.96. The Bertz CT molecular complexity index is 893. The maximum absolute atomic E-state index is 12.2.